The van der Waals surface area contributed by atoms with E-state index >= 15 is 0 Å². The van der Waals surface area contributed by atoms with Gasteiger partial charge in [-0.3, -0.25) is 0 Å². The Labute approximate surface area is 120 Å². The average molecular weight is 286 g/mol. The first-order chi connectivity index (χ1) is 8.79. The van der Waals surface area contributed by atoms with Crippen LogP contribution in [-0.4, -0.2) is 13.1 Å². The molecule has 0 radical (unpaired) electrons. The maximum atomic E-state index is 6.03. The van der Waals surface area contributed by atoms with E-state index in [1.54, 1.807) is 11.3 Å². The Morgan fingerprint density at radius 1 is 1.39 bits per heavy atom. The zero-order chi connectivity index (χ0) is 12.8. The van der Waals surface area contributed by atoms with Gasteiger partial charge in [0.2, 0.25) is 0 Å². The topological polar surface area (TPSA) is 12.0 Å². The zero-order valence-corrected chi connectivity index (χ0v) is 12.8. The van der Waals surface area contributed by atoms with Crippen LogP contribution in [0.25, 0.3) is 0 Å². The molecule has 0 aliphatic heterocycles. The summed E-state index contributed by atoms with van der Waals surface area (Å²) in [6, 6.07) is 4.24. The highest BCUT2D eigenvalue weighted by Crippen LogP contribution is 2.34. The van der Waals surface area contributed by atoms with E-state index in [9.17, 15) is 0 Å². The van der Waals surface area contributed by atoms with Crippen molar-refractivity contribution in [1.29, 1.82) is 0 Å². The van der Waals surface area contributed by atoms with Crippen molar-refractivity contribution in [2.45, 2.75) is 45.4 Å². The third-order valence-electron chi connectivity index (χ3n) is 3.99. The van der Waals surface area contributed by atoms with Crippen molar-refractivity contribution in [1.82, 2.24) is 5.32 Å². The molecule has 0 aromatic carbocycles. The van der Waals surface area contributed by atoms with Crippen molar-refractivity contribution in [3.8, 4) is 0 Å². The molecule has 0 amide bonds. The van der Waals surface area contributed by atoms with Crippen LogP contribution < -0.4 is 5.32 Å². The molecule has 3 heteroatoms. The highest BCUT2D eigenvalue weighted by molar-refractivity contribution is 7.16. The Morgan fingerprint density at radius 2 is 2.17 bits per heavy atom. The van der Waals surface area contributed by atoms with Gasteiger partial charge in [0, 0.05) is 4.88 Å². The van der Waals surface area contributed by atoms with E-state index < -0.39 is 0 Å². The Morgan fingerprint density at radius 3 is 2.78 bits per heavy atom. The number of thiophene rings is 1. The van der Waals surface area contributed by atoms with Crippen molar-refractivity contribution in [3.05, 3.63) is 21.3 Å². The van der Waals surface area contributed by atoms with Crippen molar-refractivity contribution >= 4 is 22.9 Å². The summed E-state index contributed by atoms with van der Waals surface area (Å²) in [5.74, 6) is 1.73. The van der Waals surface area contributed by atoms with E-state index in [0.717, 1.165) is 22.7 Å². The SMILES string of the molecule is CCCNCC(Cc1ccc(Cl)s1)C1CCCC1. The molecule has 1 N–H and O–H groups in total. The first-order valence-corrected chi connectivity index (χ1v) is 8.44. The third-order valence-corrected chi connectivity index (χ3v) is 5.25. The van der Waals surface area contributed by atoms with Crippen LogP contribution in [0.15, 0.2) is 12.1 Å². The summed E-state index contributed by atoms with van der Waals surface area (Å²) >= 11 is 7.78. The van der Waals surface area contributed by atoms with E-state index in [4.69, 9.17) is 11.6 Å². The summed E-state index contributed by atoms with van der Waals surface area (Å²) in [6.45, 7) is 4.55. The Bertz CT molecular complexity index is 344. The molecule has 1 fully saturated rings. The van der Waals surface area contributed by atoms with Gasteiger partial charge in [-0.15, -0.1) is 11.3 Å². The summed E-state index contributed by atoms with van der Waals surface area (Å²) in [7, 11) is 0. The molecule has 1 saturated carbocycles. The van der Waals surface area contributed by atoms with Gasteiger partial charge in [-0.25, -0.2) is 0 Å². The summed E-state index contributed by atoms with van der Waals surface area (Å²) < 4.78 is 0.927. The largest absolute Gasteiger partial charge is 0.316 e. The monoisotopic (exact) mass is 285 g/mol. The lowest BCUT2D eigenvalue weighted by Gasteiger charge is -2.23. The number of nitrogens with one attached hydrogen (secondary N) is 1. The van der Waals surface area contributed by atoms with E-state index in [1.807, 2.05) is 6.07 Å². The van der Waals surface area contributed by atoms with Crippen molar-refractivity contribution in [2.24, 2.45) is 11.8 Å². The standard InChI is InChI=1S/C15H24ClNS/c1-2-9-17-11-13(12-5-3-4-6-12)10-14-7-8-15(16)18-14/h7-8,12-13,17H,2-6,9-11H2,1H3. The number of halogens is 1. The van der Waals surface area contributed by atoms with Crippen molar-refractivity contribution < 1.29 is 0 Å². The predicted molar refractivity (Wildman–Crippen MR) is 81.6 cm³/mol. The fourth-order valence-corrected chi connectivity index (χ4v) is 4.20. The van der Waals surface area contributed by atoms with Gasteiger partial charge >= 0.3 is 0 Å². The van der Waals surface area contributed by atoms with Crippen LogP contribution in [0.2, 0.25) is 4.34 Å². The van der Waals surface area contributed by atoms with Gasteiger partial charge in [0.25, 0.3) is 0 Å². The summed E-state index contributed by atoms with van der Waals surface area (Å²) in [5.41, 5.74) is 0. The first-order valence-electron chi connectivity index (χ1n) is 7.24. The molecule has 1 atom stereocenters. The van der Waals surface area contributed by atoms with Gasteiger partial charge < -0.3 is 5.32 Å². The highest BCUT2D eigenvalue weighted by Gasteiger charge is 2.25. The molecule has 0 spiro atoms. The molecular weight excluding hydrogens is 262 g/mol. The minimum absolute atomic E-state index is 0.800. The van der Waals surface area contributed by atoms with Gasteiger partial charge in [-0.1, -0.05) is 44.2 Å². The zero-order valence-electron chi connectivity index (χ0n) is 11.3. The molecule has 1 nitrogen and oxygen atoms in total. The smallest absolute Gasteiger partial charge is 0.0931 e. The van der Waals surface area contributed by atoms with E-state index in [2.05, 4.69) is 18.3 Å². The molecule has 18 heavy (non-hydrogen) atoms. The van der Waals surface area contributed by atoms with E-state index in [1.165, 1.54) is 49.9 Å². The Kier molecular flexibility index (Phi) is 6.00. The molecule has 1 aliphatic rings. The van der Waals surface area contributed by atoms with Crippen molar-refractivity contribution in [2.75, 3.05) is 13.1 Å². The number of hydrogen-bond donors (Lipinski definition) is 1. The first kappa shape index (κ1) is 14.4. The maximum absolute atomic E-state index is 6.03. The van der Waals surface area contributed by atoms with Crippen LogP contribution in [0, 0.1) is 11.8 Å². The molecule has 0 saturated heterocycles. The van der Waals surface area contributed by atoms with E-state index in [-0.39, 0.29) is 0 Å². The van der Waals surface area contributed by atoms with Crippen molar-refractivity contribution in [3.63, 3.8) is 0 Å². The molecule has 2 rings (SSSR count). The second kappa shape index (κ2) is 7.52. The lowest BCUT2D eigenvalue weighted by atomic mass is 9.87. The quantitative estimate of drug-likeness (QED) is 0.713. The molecule has 102 valence electrons. The summed E-state index contributed by atoms with van der Waals surface area (Å²) in [4.78, 5) is 1.45. The van der Waals surface area contributed by atoms with Gasteiger partial charge in [-0.2, -0.15) is 0 Å². The maximum Gasteiger partial charge on any atom is 0.0931 e. The molecule has 1 aromatic rings. The number of rotatable bonds is 7. The van der Waals surface area contributed by atoms with Gasteiger partial charge in [0.1, 0.15) is 0 Å². The van der Waals surface area contributed by atoms with E-state index in [0.29, 0.717) is 0 Å². The predicted octanol–water partition coefficient (Wildman–Crippen LogP) is 4.75. The third kappa shape index (κ3) is 4.25. The second-order valence-corrected chi connectivity index (χ2v) is 7.22. The summed E-state index contributed by atoms with van der Waals surface area (Å²) in [5, 5.41) is 3.61. The van der Waals surface area contributed by atoms with Crippen LogP contribution in [0.1, 0.15) is 43.9 Å². The summed E-state index contributed by atoms with van der Waals surface area (Å²) in [6.07, 6.45) is 8.15. The molecular formula is C15H24ClNS. The minimum Gasteiger partial charge on any atom is -0.316 e. The molecule has 1 aromatic heterocycles. The lowest BCUT2D eigenvalue weighted by molar-refractivity contribution is 0.323. The average Bonchev–Trinajstić information content (AvgIpc) is 2.99. The van der Waals surface area contributed by atoms with Gasteiger partial charge in [0.15, 0.2) is 0 Å². The number of hydrogen-bond acceptors (Lipinski definition) is 2. The Hall–Kier alpha value is -0.0500. The van der Waals surface area contributed by atoms with Crippen LogP contribution in [-0.2, 0) is 6.42 Å². The second-order valence-electron chi connectivity index (χ2n) is 5.42. The van der Waals surface area contributed by atoms with Crippen LogP contribution in [0.4, 0.5) is 0 Å². The molecule has 1 unspecified atom stereocenters. The molecule has 1 aliphatic carbocycles. The Balaban J connectivity index is 1.90. The fraction of sp³-hybridized carbons (Fsp3) is 0.733. The van der Waals surface area contributed by atoms with Crippen LogP contribution in [0.3, 0.4) is 0 Å². The normalized spacial score (nSPS) is 18.3. The fourth-order valence-electron chi connectivity index (χ4n) is 3.02. The van der Waals surface area contributed by atoms with Gasteiger partial charge in [0.05, 0.1) is 4.34 Å². The van der Waals surface area contributed by atoms with Crippen LogP contribution >= 0.6 is 22.9 Å². The van der Waals surface area contributed by atoms with Crippen LogP contribution in [0.5, 0.6) is 0 Å². The molecule has 1 heterocycles. The molecule has 0 bridgehead atoms. The lowest BCUT2D eigenvalue weighted by Crippen LogP contribution is -2.29. The van der Waals surface area contributed by atoms with Gasteiger partial charge in [-0.05, 0) is 49.9 Å². The highest BCUT2D eigenvalue weighted by atomic mass is 35.5. The minimum atomic E-state index is 0.800.